The zero-order chi connectivity index (χ0) is 39.7. The number of hydrogen-bond acceptors (Lipinski definition) is 6. The summed E-state index contributed by atoms with van der Waals surface area (Å²) in [6.07, 6.45) is 22.3. The maximum atomic E-state index is 10.7. The molecule has 3 aromatic rings. The van der Waals surface area contributed by atoms with Crippen molar-refractivity contribution in [2.75, 3.05) is 19.8 Å². The molecule has 3 aromatic carbocycles. The van der Waals surface area contributed by atoms with E-state index in [0.29, 0.717) is 36.5 Å². The predicted molar refractivity (Wildman–Crippen MR) is 217 cm³/mol. The molecule has 0 aliphatic rings. The Labute approximate surface area is 362 Å². The molecule has 308 valence electrons. The van der Waals surface area contributed by atoms with E-state index >= 15 is 0 Å². The first-order chi connectivity index (χ1) is 26.2. The first-order valence-corrected chi connectivity index (χ1v) is 20.1. The molecule has 0 radical (unpaired) electrons. The van der Waals surface area contributed by atoms with Crippen molar-refractivity contribution in [1.29, 1.82) is 0 Å². The van der Waals surface area contributed by atoms with E-state index in [4.69, 9.17) is 29.5 Å². The molecule has 0 amide bonds. The van der Waals surface area contributed by atoms with E-state index in [2.05, 4.69) is 20.8 Å². The molecular formula is C45H66GdO9. The van der Waals surface area contributed by atoms with Crippen molar-refractivity contribution < 1.29 is 83.9 Å². The van der Waals surface area contributed by atoms with Gasteiger partial charge in [0.25, 0.3) is 0 Å². The fraction of sp³-hybridized carbons (Fsp3) is 0.533. The second-order valence-corrected chi connectivity index (χ2v) is 13.3. The van der Waals surface area contributed by atoms with Crippen LogP contribution in [0.3, 0.4) is 0 Å². The van der Waals surface area contributed by atoms with Gasteiger partial charge in [0.05, 0.1) is 36.5 Å². The van der Waals surface area contributed by atoms with E-state index in [-0.39, 0.29) is 39.9 Å². The third-order valence-corrected chi connectivity index (χ3v) is 8.60. The van der Waals surface area contributed by atoms with Crippen molar-refractivity contribution >= 4 is 17.9 Å². The van der Waals surface area contributed by atoms with Crippen LogP contribution in [0.2, 0.25) is 0 Å². The molecule has 3 rings (SSSR count). The van der Waals surface area contributed by atoms with Crippen molar-refractivity contribution in [3.8, 4) is 17.2 Å². The van der Waals surface area contributed by atoms with Crippen molar-refractivity contribution in [3.63, 3.8) is 0 Å². The van der Waals surface area contributed by atoms with Crippen LogP contribution in [0.1, 0.15) is 167 Å². The van der Waals surface area contributed by atoms with Crippen LogP contribution in [0.5, 0.6) is 17.2 Å². The van der Waals surface area contributed by atoms with Crippen LogP contribution < -0.4 is 14.2 Å². The maximum absolute atomic E-state index is 10.7. The van der Waals surface area contributed by atoms with Crippen LogP contribution in [0.25, 0.3) is 0 Å². The molecule has 0 spiro atoms. The minimum atomic E-state index is -0.905. The molecule has 0 heterocycles. The molecule has 9 nitrogen and oxygen atoms in total. The summed E-state index contributed by atoms with van der Waals surface area (Å²) in [5.74, 6) is -0.483. The molecule has 0 saturated heterocycles. The van der Waals surface area contributed by atoms with Gasteiger partial charge in [-0.25, -0.2) is 14.4 Å². The van der Waals surface area contributed by atoms with Crippen molar-refractivity contribution in [3.05, 3.63) is 89.5 Å². The minimum Gasteiger partial charge on any atom is -0.494 e. The molecule has 0 fully saturated rings. The average Bonchev–Trinajstić information content (AvgIpc) is 3.18. The van der Waals surface area contributed by atoms with E-state index in [9.17, 15) is 14.4 Å². The number of aromatic carboxylic acids is 3. The number of ether oxygens (including phenoxy) is 3. The summed E-state index contributed by atoms with van der Waals surface area (Å²) < 4.78 is 16.7. The van der Waals surface area contributed by atoms with Crippen LogP contribution in [0, 0.1) is 39.9 Å². The fourth-order valence-corrected chi connectivity index (χ4v) is 5.30. The standard InChI is InChI=1S/3C15H22O3.Gd/c3*1-2-3-4-5-6-7-12-18-14-10-8-13(9-11-14)15(16)17;/h3*8-11H,2-7,12H2,1H3,(H,16,17);. The zero-order valence-corrected chi connectivity index (χ0v) is 35.7. The van der Waals surface area contributed by atoms with Gasteiger partial charge in [0, 0.05) is 39.9 Å². The van der Waals surface area contributed by atoms with Crippen molar-refractivity contribution in [2.45, 2.75) is 136 Å². The number of benzene rings is 3. The molecule has 0 saturated carbocycles. The number of hydrogen-bond donors (Lipinski definition) is 3. The number of unbranched alkanes of at least 4 members (excludes halogenated alkanes) is 15. The Bertz CT molecular complexity index is 1210. The van der Waals surface area contributed by atoms with Gasteiger partial charge in [0.1, 0.15) is 17.2 Å². The van der Waals surface area contributed by atoms with Gasteiger partial charge in [-0.05, 0) is 92.1 Å². The predicted octanol–water partition coefficient (Wildman–Crippen LogP) is 12.4. The zero-order valence-electron chi connectivity index (χ0n) is 33.4. The smallest absolute Gasteiger partial charge is 0.335 e. The Kier molecular flexibility index (Phi) is 33.2. The van der Waals surface area contributed by atoms with Crippen molar-refractivity contribution in [1.82, 2.24) is 0 Å². The van der Waals surface area contributed by atoms with E-state index in [0.717, 1.165) is 36.5 Å². The first kappa shape index (κ1) is 51.8. The van der Waals surface area contributed by atoms with Gasteiger partial charge in [-0.3, -0.25) is 0 Å². The molecule has 3 N–H and O–H groups in total. The molecule has 0 aliphatic carbocycles. The topological polar surface area (TPSA) is 140 Å². The second-order valence-electron chi connectivity index (χ2n) is 13.3. The van der Waals surface area contributed by atoms with Gasteiger partial charge < -0.3 is 29.5 Å². The largest absolute Gasteiger partial charge is 0.494 e. The Morgan fingerprint density at radius 2 is 0.564 bits per heavy atom. The van der Waals surface area contributed by atoms with E-state index in [1.165, 1.54) is 96.3 Å². The second kappa shape index (κ2) is 35.2. The molecule has 0 atom stereocenters. The van der Waals surface area contributed by atoms with Gasteiger partial charge in [-0.1, -0.05) is 117 Å². The maximum Gasteiger partial charge on any atom is 0.335 e. The summed E-state index contributed by atoms with van der Waals surface area (Å²) >= 11 is 0. The molecular weight excluding hydrogens is 842 g/mol. The molecule has 0 aromatic heterocycles. The summed E-state index contributed by atoms with van der Waals surface area (Å²) in [6.45, 7) is 8.76. The normalized spacial score (nSPS) is 10.1. The molecule has 55 heavy (non-hydrogen) atoms. The van der Waals surface area contributed by atoms with Crippen LogP contribution in [0.15, 0.2) is 72.8 Å². The van der Waals surface area contributed by atoms with Gasteiger partial charge in [-0.2, -0.15) is 0 Å². The fourth-order valence-electron chi connectivity index (χ4n) is 5.30. The average molecular weight is 908 g/mol. The minimum absolute atomic E-state index is 0. The third kappa shape index (κ3) is 27.9. The quantitative estimate of drug-likeness (QED) is 0.0638. The third-order valence-electron chi connectivity index (χ3n) is 8.60. The number of carbonyl (C=O) groups is 3. The summed E-state index contributed by atoms with van der Waals surface area (Å²) in [7, 11) is 0. The Morgan fingerprint density at radius 3 is 0.764 bits per heavy atom. The Hall–Kier alpha value is -3.21. The summed E-state index contributed by atoms with van der Waals surface area (Å²) in [6, 6.07) is 19.7. The van der Waals surface area contributed by atoms with E-state index in [1.807, 2.05) is 0 Å². The molecule has 0 unspecified atom stereocenters. The Balaban J connectivity index is 0.000000788. The number of rotatable bonds is 27. The molecule has 0 aliphatic heterocycles. The number of carboxylic acid groups (broad SMARTS) is 3. The van der Waals surface area contributed by atoms with Crippen LogP contribution in [0.4, 0.5) is 0 Å². The summed E-state index contributed by atoms with van der Waals surface area (Å²) in [4.78, 5) is 32.0. The van der Waals surface area contributed by atoms with Gasteiger partial charge >= 0.3 is 17.9 Å². The van der Waals surface area contributed by atoms with Gasteiger partial charge in [0.2, 0.25) is 0 Å². The Morgan fingerprint density at radius 1 is 0.364 bits per heavy atom. The van der Waals surface area contributed by atoms with E-state index in [1.54, 1.807) is 72.8 Å². The van der Waals surface area contributed by atoms with Gasteiger partial charge in [-0.15, -0.1) is 0 Å². The summed E-state index contributed by atoms with van der Waals surface area (Å²) in [5, 5.41) is 26.3. The monoisotopic (exact) mass is 908 g/mol. The van der Waals surface area contributed by atoms with Crippen LogP contribution >= 0.6 is 0 Å². The van der Waals surface area contributed by atoms with Crippen LogP contribution in [-0.4, -0.2) is 53.0 Å². The molecule has 0 bridgehead atoms. The van der Waals surface area contributed by atoms with E-state index < -0.39 is 17.9 Å². The summed E-state index contributed by atoms with van der Waals surface area (Å²) in [5.41, 5.74) is 0.880. The van der Waals surface area contributed by atoms with Gasteiger partial charge in [0.15, 0.2) is 0 Å². The van der Waals surface area contributed by atoms with Crippen LogP contribution in [-0.2, 0) is 0 Å². The molecule has 10 heteroatoms. The SMILES string of the molecule is CCCCCCCCOc1ccc(C(=O)O)cc1.CCCCCCCCOc1ccc(C(=O)O)cc1.CCCCCCCCOc1ccc(C(=O)O)cc1.[Gd]. The van der Waals surface area contributed by atoms with Crippen molar-refractivity contribution in [2.24, 2.45) is 0 Å². The number of carboxylic acids is 3. The first-order valence-electron chi connectivity index (χ1n) is 20.1.